The van der Waals surface area contributed by atoms with Crippen LogP contribution in [0.2, 0.25) is 0 Å². The molecule has 0 spiro atoms. The summed E-state index contributed by atoms with van der Waals surface area (Å²) in [6.45, 7) is 5.83. The summed E-state index contributed by atoms with van der Waals surface area (Å²) in [5.74, 6) is 0.492. The zero-order chi connectivity index (χ0) is 21.1. The molecule has 8 heteroatoms. The van der Waals surface area contributed by atoms with Crippen LogP contribution in [-0.2, 0) is 6.42 Å². The minimum Gasteiger partial charge on any atom is -0.363 e. The molecule has 0 radical (unpaired) electrons. The number of benzene rings is 1. The third-order valence-corrected chi connectivity index (χ3v) is 6.07. The number of para-hydroxylation sites is 1. The molecule has 30 heavy (non-hydrogen) atoms. The number of fused-ring (bicyclic) bond motifs is 1. The molecule has 1 atom stereocenters. The molecule has 1 aliphatic heterocycles. The van der Waals surface area contributed by atoms with Gasteiger partial charge in [0.25, 0.3) is 5.91 Å². The molecule has 8 nitrogen and oxygen atoms in total. The third-order valence-electron chi connectivity index (χ3n) is 6.07. The van der Waals surface area contributed by atoms with Gasteiger partial charge in [-0.1, -0.05) is 38.0 Å². The number of carbonyl (C=O) groups is 1. The molecule has 0 saturated carbocycles. The van der Waals surface area contributed by atoms with Crippen molar-refractivity contribution >= 4 is 22.8 Å². The number of primary amides is 1. The molecule has 3 N–H and O–H groups in total. The predicted octanol–water partition coefficient (Wildman–Crippen LogP) is 2.58. The van der Waals surface area contributed by atoms with E-state index in [1.54, 1.807) is 0 Å². The van der Waals surface area contributed by atoms with Crippen LogP contribution in [0.5, 0.6) is 0 Å². The van der Waals surface area contributed by atoms with E-state index in [9.17, 15) is 4.79 Å². The topological polar surface area (TPSA) is 96.1 Å². The number of nitrogens with one attached hydrogen (secondary N) is 1. The van der Waals surface area contributed by atoms with Crippen LogP contribution in [0.4, 0.5) is 5.95 Å². The average molecular weight is 410 g/mol. The molecule has 1 aliphatic rings. The lowest BCUT2D eigenvalue weighted by atomic mass is 10.00. The van der Waals surface area contributed by atoms with E-state index >= 15 is 0 Å². The maximum atomic E-state index is 12.2. The van der Waals surface area contributed by atoms with Crippen molar-refractivity contribution in [3.8, 4) is 0 Å². The van der Waals surface area contributed by atoms with Gasteiger partial charge < -0.3 is 20.5 Å². The SMILES string of the molecule is CCCCC(Cc1c[nH]c2ccccc12)n1c(C(N)=O)nnc1N1CCN(C)CC1. The fraction of sp³-hybridized carbons (Fsp3) is 0.500. The Balaban J connectivity index is 1.72. The second-order valence-electron chi connectivity index (χ2n) is 8.21. The van der Waals surface area contributed by atoms with Crippen molar-refractivity contribution in [1.29, 1.82) is 0 Å². The molecule has 1 unspecified atom stereocenters. The summed E-state index contributed by atoms with van der Waals surface area (Å²) < 4.78 is 2.01. The zero-order valence-electron chi connectivity index (χ0n) is 17.8. The first-order chi connectivity index (χ1) is 14.6. The number of amides is 1. The van der Waals surface area contributed by atoms with Gasteiger partial charge in [-0.3, -0.25) is 9.36 Å². The molecule has 1 aromatic carbocycles. The van der Waals surface area contributed by atoms with Crippen molar-refractivity contribution in [1.82, 2.24) is 24.6 Å². The molecule has 160 valence electrons. The van der Waals surface area contributed by atoms with Crippen LogP contribution in [0.25, 0.3) is 10.9 Å². The molecule has 3 aromatic rings. The van der Waals surface area contributed by atoms with Gasteiger partial charge in [0, 0.05) is 49.3 Å². The molecule has 1 fully saturated rings. The number of piperazine rings is 1. The molecule has 1 amide bonds. The Morgan fingerprint density at radius 2 is 1.97 bits per heavy atom. The molecular weight excluding hydrogens is 378 g/mol. The largest absolute Gasteiger partial charge is 0.363 e. The molecule has 0 bridgehead atoms. The number of aromatic nitrogens is 4. The van der Waals surface area contributed by atoms with Crippen molar-refractivity contribution in [2.75, 3.05) is 38.1 Å². The second kappa shape index (κ2) is 8.87. The molecule has 3 heterocycles. The van der Waals surface area contributed by atoms with E-state index in [1.165, 1.54) is 10.9 Å². The summed E-state index contributed by atoms with van der Waals surface area (Å²) >= 11 is 0. The van der Waals surface area contributed by atoms with Crippen molar-refractivity contribution in [3.63, 3.8) is 0 Å². The number of nitrogens with two attached hydrogens (primary N) is 1. The first-order valence-electron chi connectivity index (χ1n) is 10.8. The van der Waals surface area contributed by atoms with Crippen molar-refractivity contribution < 1.29 is 4.79 Å². The van der Waals surface area contributed by atoms with Crippen LogP contribution in [0, 0.1) is 0 Å². The highest BCUT2D eigenvalue weighted by atomic mass is 16.1. The molecule has 2 aromatic heterocycles. The number of unbranched alkanes of at least 4 members (excludes halogenated alkanes) is 1. The summed E-state index contributed by atoms with van der Waals surface area (Å²) in [6, 6.07) is 8.39. The summed E-state index contributed by atoms with van der Waals surface area (Å²) in [5.41, 5.74) is 8.08. The monoisotopic (exact) mass is 409 g/mol. The number of nitrogens with zero attached hydrogens (tertiary/aromatic N) is 5. The van der Waals surface area contributed by atoms with E-state index in [2.05, 4.69) is 63.3 Å². The Hall–Kier alpha value is -2.87. The highest BCUT2D eigenvalue weighted by Gasteiger charge is 2.28. The van der Waals surface area contributed by atoms with Gasteiger partial charge in [-0.25, -0.2) is 0 Å². The van der Waals surface area contributed by atoms with E-state index < -0.39 is 5.91 Å². The van der Waals surface area contributed by atoms with Crippen LogP contribution >= 0.6 is 0 Å². The van der Waals surface area contributed by atoms with Crippen LogP contribution in [0.1, 0.15) is 48.4 Å². The van der Waals surface area contributed by atoms with Gasteiger partial charge >= 0.3 is 0 Å². The lowest BCUT2D eigenvalue weighted by molar-refractivity contribution is 0.0983. The molecule has 1 saturated heterocycles. The van der Waals surface area contributed by atoms with E-state index in [4.69, 9.17) is 5.73 Å². The zero-order valence-corrected chi connectivity index (χ0v) is 17.8. The summed E-state index contributed by atoms with van der Waals surface area (Å²) in [5, 5.41) is 9.84. The van der Waals surface area contributed by atoms with Crippen LogP contribution < -0.4 is 10.6 Å². The van der Waals surface area contributed by atoms with Gasteiger partial charge in [0.2, 0.25) is 11.8 Å². The molecular formula is C22H31N7O. The Morgan fingerprint density at radius 1 is 1.20 bits per heavy atom. The fourth-order valence-corrected chi connectivity index (χ4v) is 4.33. The lowest BCUT2D eigenvalue weighted by Crippen LogP contribution is -2.46. The minimum absolute atomic E-state index is 0.0660. The van der Waals surface area contributed by atoms with E-state index in [-0.39, 0.29) is 11.9 Å². The van der Waals surface area contributed by atoms with Crippen LogP contribution in [0.3, 0.4) is 0 Å². The van der Waals surface area contributed by atoms with Crippen molar-refractivity contribution in [2.45, 2.75) is 38.6 Å². The predicted molar refractivity (Wildman–Crippen MR) is 119 cm³/mol. The quantitative estimate of drug-likeness (QED) is 0.596. The van der Waals surface area contributed by atoms with Gasteiger partial charge in [-0.05, 0) is 31.5 Å². The number of H-pyrrole nitrogens is 1. The second-order valence-corrected chi connectivity index (χ2v) is 8.21. The van der Waals surface area contributed by atoms with Crippen molar-refractivity contribution in [3.05, 3.63) is 41.9 Å². The van der Waals surface area contributed by atoms with E-state index in [0.29, 0.717) is 0 Å². The molecule has 0 aliphatic carbocycles. The number of aromatic amines is 1. The molecule has 4 rings (SSSR count). The maximum Gasteiger partial charge on any atom is 0.286 e. The number of hydrogen-bond donors (Lipinski definition) is 2. The third kappa shape index (κ3) is 4.05. The number of hydrogen-bond acceptors (Lipinski definition) is 5. The first kappa shape index (κ1) is 20.4. The van der Waals surface area contributed by atoms with Gasteiger partial charge in [0.15, 0.2) is 0 Å². The van der Waals surface area contributed by atoms with Gasteiger partial charge in [0.1, 0.15) is 0 Å². The lowest BCUT2D eigenvalue weighted by Gasteiger charge is -2.34. The standard InChI is InChI=1S/C22H31N7O/c1-3-4-7-17(14-16-15-24-19-9-6-5-8-18(16)19)29-21(20(23)30)25-26-22(29)28-12-10-27(2)11-13-28/h5-6,8-9,15,17,24H,3-4,7,10-14H2,1-2H3,(H2,23,30). The maximum absolute atomic E-state index is 12.2. The highest BCUT2D eigenvalue weighted by Crippen LogP contribution is 2.30. The Labute approximate surface area is 177 Å². The van der Waals surface area contributed by atoms with E-state index in [1.807, 2.05) is 10.6 Å². The van der Waals surface area contributed by atoms with Gasteiger partial charge in [-0.15, -0.1) is 10.2 Å². The highest BCUT2D eigenvalue weighted by molar-refractivity contribution is 5.89. The smallest absolute Gasteiger partial charge is 0.286 e. The number of anilines is 1. The summed E-state index contributed by atoms with van der Waals surface area (Å²) in [6.07, 6.45) is 5.96. The van der Waals surface area contributed by atoms with Gasteiger partial charge in [-0.2, -0.15) is 0 Å². The number of carbonyl (C=O) groups excluding carboxylic acids is 1. The Morgan fingerprint density at radius 3 is 2.70 bits per heavy atom. The fourth-order valence-electron chi connectivity index (χ4n) is 4.33. The van der Waals surface area contributed by atoms with Gasteiger partial charge in [0.05, 0.1) is 0 Å². The normalized spacial score (nSPS) is 16.3. The number of likely N-dealkylation sites (N-methyl/N-ethyl adjacent to an activating group) is 1. The first-order valence-corrected chi connectivity index (χ1v) is 10.8. The van der Waals surface area contributed by atoms with Crippen molar-refractivity contribution in [2.24, 2.45) is 5.73 Å². The average Bonchev–Trinajstić information content (AvgIpc) is 3.36. The van der Waals surface area contributed by atoms with Crippen LogP contribution in [0.15, 0.2) is 30.5 Å². The Kier molecular flexibility index (Phi) is 6.03. The van der Waals surface area contributed by atoms with E-state index in [0.717, 1.165) is 63.3 Å². The summed E-state index contributed by atoms with van der Waals surface area (Å²) in [7, 11) is 2.12. The Bertz CT molecular complexity index is 1000. The minimum atomic E-state index is -0.525. The summed E-state index contributed by atoms with van der Waals surface area (Å²) in [4.78, 5) is 20.1. The number of rotatable bonds is 8. The van der Waals surface area contributed by atoms with Crippen LogP contribution in [-0.4, -0.2) is 63.8 Å².